The van der Waals surface area contributed by atoms with E-state index >= 15 is 0 Å². The van der Waals surface area contributed by atoms with E-state index in [2.05, 4.69) is 5.32 Å². The number of nitrogens with zero attached hydrogens (tertiary/aromatic N) is 3. The molecule has 3 amide bonds. The second kappa shape index (κ2) is 11.4. The first kappa shape index (κ1) is 27.6. The van der Waals surface area contributed by atoms with Crippen molar-refractivity contribution >= 4 is 29.2 Å². The third kappa shape index (κ3) is 6.06. The fourth-order valence-corrected chi connectivity index (χ4v) is 5.14. The molecule has 2 aliphatic heterocycles. The number of amides is 3. The van der Waals surface area contributed by atoms with Crippen LogP contribution in [0.2, 0.25) is 0 Å². The summed E-state index contributed by atoms with van der Waals surface area (Å²) in [4.78, 5) is 57.3. The Morgan fingerprint density at radius 3 is 2.17 bits per heavy atom. The van der Waals surface area contributed by atoms with E-state index in [1.165, 1.54) is 9.80 Å². The highest BCUT2D eigenvalue weighted by molar-refractivity contribution is 6.01. The van der Waals surface area contributed by atoms with Crippen molar-refractivity contribution in [1.82, 2.24) is 15.1 Å². The molecule has 0 spiro atoms. The first-order valence-electron chi connectivity index (χ1n) is 12.8. The predicted octanol–water partition coefficient (Wildman–Crippen LogP) is 1.68. The zero-order valence-electron chi connectivity index (χ0n) is 22.2. The summed E-state index contributed by atoms with van der Waals surface area (Å²) in [5, 5.41) is 13.2. The number of Topliss-reactive ketones (excluding diaryl/α,β-unsaturated/α-hetero) is 1. The van der Waals surface area contributed by atoms with Gasteiger partial charge in [0.1, 0.15) is 18.2 Å². The molecule has 1 aromatic carbocycles. The standard InChI is InChI=1S/C27H40N4O5/c1-16(2)13-20(28-25(34)18-7-9-19(10-8-18)29(5)6)26(35)30-12-11-21-24(30)23(33)15-31(21)27(36)22(32)14-17(3)4/h7-10,16-17,20-22,24,32H,11-15H2,1-6H3,(H,28,34)/t20-,21+,22-,24-/m0/s1. The van der Waals surface area contributed by atoms with Gasteiger partial charge in [0.15, 0.2) is 5.78 Å². The summed E-state index contributed by atoms with van der Waals surface area (Å²) >= 11 is 0. The van der Waals surface area contributed by atoms with Gasteiger partial charge in [-0.2, -0.15) is 0 Å². The minimum Gasteiger partial charge on any atom is -0.383 e. The van der Waals surface area contributed by atoms with Crippen molar-refractivity contribution in [2.45, 2.75) is 71.2 Å². The number of carbonyl (C=O) groups excluding carboxylic acids is 4. The van der Waals surface area contributed by atoms with Gasteiger partial charge >= 0.3 is 0 Å². The molecule has 2 aliphatic rings. The monoisotopic (exact) mass is 500 g/mol. The topological polar surface area (TPSA) is 110 Å². The Labute approximate surface area is 213 Å². The average Bonchev–Trinajstić information content (AvgIpc) is 3.38. The number of aliphatic hydroxyl groups is 1. The van der Waals surface area contributed by atoms with E-state index in [1.54, 1.807) is 12.1 Å². The van der Waals surface area contributed by atoms with E-state index in [9.17, 15) is 24.3 Å². The molecule has 2 fully saturated rings. The first-order valence-corrected chi connectivity index (χ1v) is 12.8. The molecular weight excluding hydrogens is 460 g/mol. The van der Waals surface area contributed by atoms with Crippen LogP contribution in [0.5, 0.6) is 0 Å². The lowest BCUT2D eigenvalue weighted by Gasteiger charge is -2.29. The van der Waals surface area contributed by atoms with E-state index in [1.807, 2.05) is 58.8 Å². The Kier molecular flexibility index (Phi) is 8.76. The third-order valence-corrected chi connectivity index (χ3v) is 6.92. The number of anilines is 1. The summed E-state index contributed by atoms with van der Waals surface area (Å²) < 4.78 is 0. The molecule has 0 bridgehead atoms. The lowest BCUT2D eigenvalue weighted by atomic mass is 10.0. The Morgan fingerprint density at radius 2 is 1.61 bits per heavy atom. The number of hydrogen-bond acceptors (Lipinski definition) is 6. The summed E-state index contributed by atoms with van der Waals surface area (Å²) in [6.07, 6.45) is 0.0595. The normalized spacial score (nSPS) is 21.1. The molecule has 0 radical (unpaired) electrons. The summed E-state index contributed by atoms with van der Waals surface area (Å²) in [5.41, 5.74) is 1.41. The van der Waals surface area contributed by atoms with Crippen molar-refractivity contribution in [1.29, 1.82) is 0 Å². The second-order valence-corrected chi connectivity index (χ2v) is 11.0. The number of hydrogen-bond donors (Lipinski definition) is 2. The van der Waals surface area contributed by atoms with Crippen molar-refractivity contribution in [2.24, 2.45) is 11.8 Å². The van der Waals surface area contributed by atoms with Crippen LogP contribution in [-0.4, -0.2) is 89.8 Å². The van der Waals surface area contributed by atoms with Crippen LogP contribution in [0.3, 0.4) is 0 Å². The van der Waals surface area contributed by atoms with Gasteiger partial charge in [-0.05, 0) is 55.4 Å². The minimum absolute atomic E-state index is 0.105. The highest BCUT2D eigenvalue weighted by Crippen LogP contribution is 2.31. The van der Waals surface area contributed by atoms with E-state index in [0.717, 1.165) is 5.69 Å². The van der Waals surface area contributed by atoms with Crippen LogP contribution < -0.4 is 10.2 Å². The lowest BCUT2D eigenvalue weighted by Crippen LogP contribution is -2.53. The largest absolute Gasteiger partial charge is 0.383 e. The van der Waals surface area contributed by atoms with Crippen LogP contribution in [0.25, 0.3) is 0 Å². The molecule has 0 saturated carbocycles. The van der Waals surface area contributed by atoms with Crippen LogP contribution in [0, 0.1) is 11.8 Å². The van der Waals surface area contributed by atoms with Crippen molar-refractivity contribution in [3.8, 4) is 0 Å². The number of nitrogens with one attached hydrogen (secondary N) is 1. The van der Waals surface area contributed by atoms with Gasteiger partial charge in [-0.1, -0.05) is 27.7 Å². The van der Waals surface area contributed by atoms with Crippen molar-refractivity contribution < 1.29 is 24.3 Å². The van der Waals surface area contributed by atoms with Crippen LogP contribution in [-0.2, 0) is 14.4 Å². The number of fused-ring (bicyclic) bond motifs is 1. The lowest BCUT2D eigenvalue weighted by molar-refractivity contribution is -0.142. The Hall–Kier alpha value is -2.94. The maximum Gasteiger partial charge on any atom is 0.252 e. The van der Waals surface area contributed by atoms with E-state index in [0.29, 0.717) is 31.4 Å². The first-order chi connectivity index (χ1) is 16.9. The Bertz CT molecular complexity index is 975. The highest BCUT2D eigenvalue weighted by atomic mass is 16.3. The molecule has 0 aliphatic carbocycles. The average molecular weight is 501 g/mol. The fourth-order valence-electron chi connectivity index (χ4n) is 5.14. The minimum atomic E-state index is -1.16. The molecule has 1 aromatic rings. The van der Waals surface area contributed by atoms with Crippen molar-refractivity contribution in [3.05, 3.63) is 29.8 Å². The van der Waals surface area contributed by atoms with Gasteiger partial charge in [0.2, 0.25) is 5.91 Å². The molecular formula is C27H40N4O5. The number of carbonyl (C=O) groups is 4. The fraction of sp³-hybridized carbons (Fsp3) is 0.630. The van der Waals surface area contributed by atoms with Gasteiger partial charge in [0.05, 0.1) is 12.6 Å². The van der Waals surface area contributed by atoms with E-state index < -0.39 is 30.1 Å². The summed E-state index contributed by atoms with van der Waals surface area (Å²) in [6.45, 7) is 8.01. The number of ketones is 1. The van der Waals surface area contributed by atoms with Gasteiger partial charge in [-0.25, -0.2) is 0 Å². The molecule has 2 saturated heterocycles. The Balaban J connectivity index is 1.74. The molecule has 4 atom stereocenters. The molecule has 198 valence electrons. The molecule has 0 unspecified atom stereocenters. The van der Waals surface area contributed by atoms with Gasteiger partial charge in [0.25, 0.3) is 11.8 Å². The third-order valence-electron chi connectivity index (χ3n) is 6.92. The van der Waals surface area contributed by atoms with Gasteiger partial charge in [-0.15, -0.1) is 0 Å². The van der Waals surface area contributed by atoms with Crippen LogP contribution in [0.15, 0.2) is 24.3 Å². The zero-order valence-corrected chi connectivity index (χ0v) is 22.2. The zero-order chi connectivity index (χ0) is 26.7. The van der Waals surface area contributed by atoms with Crippen LogP contribution in [0.1, 0.15) is 57.3 Å². The number of likely N-dealkylation sites (tertiary alicyclic amines) is 2. The van der Waals surface area contributed by atoms with Crippen LogP contribution >= 0.6 is 0 Å². The van der Waals surface area contributed by atoms with Crippen molar-refractivity contribution in [3.63, 3.8) is 0 Å². The number of benzene rings is 1. The molecule has 0 aromatic heterocycles. The van der Waals surface area contributed by atoms with Gasteiger partial charge < -0.3 is 25.1 Å². The molecule has 3 rings (SSSR count). The number of rotatable bonds is 9. The Morgan fingerprint density at radius 1 is 1.00 bits per heavy atom. The summed E-state index contributed by atoms with van der Waals surface area (Å²) in [5.74, 6) is -1.03. The molecule has 9 nitrogen and oxygen atoms in total. The maximum absolute atomic E-state index is 13.6. The smallest absolute Gasteiger partial charge is 0.252 e. The molecule has 2 heterocycles. The molecule has 2 N–H and O–H groups in total. The van der Waals surface area contributed by atoms with E-state index in [4.69, 9.17) is 0 Å². The second-order valence-electron chi connectivity index (χ2n) is 11.0. The quantitative estimate of drug-likeness (QED) is 0.534. The maximum atomic E-state index is 13.6. The summed E-state index contributed by atoms with van der Waals surface area (Å²) in [7, 11) is 3.83. The SMILES string of the molecule is CC(C)C[C@H](NC(=O)c1ccc(N(C)C)cc1)C(=O)N1CC[C@@H]2[C@H]1C(=O)CN2C(=O)[C@@H](O)CC(C)C. The van der Waals surface area contributed by atoms with E-state index in [-0.39, 0.29) is 36.0 Å². The van der Waals surface area contributed by atoms with Crippen molar-refractivity contribution in [2.75, 3.05) is 32.1 Å². The number of aliphatic hydroxyl groups excluding tert-OH is 1. The van der Waals surface area contributed by atoms with Gasteiger partial charge in [0, 0.05) is 31.9 Å². The van der Waals surface area contributed by atoms with Crippen LogP contribution in [0.4, 0.5) is 5.69 Å². The van der Waals surface area contributed by atoms with Gasteiger partial charge in [-0.3, -0.25) is 19.2 Å². The summed E-state index contributed by atoms with van der Waals surface area (Å²) in [6, 6.07) is 5.17. The predicted molar refractivity (Wildman–Crippen MR) is 138 cm³/mol. The highest BCUT2D eigenvalue weighted by Gasteiger charge is 2.52. The molecule has 36 heavy (non-hydrogen) atoms. The molecule has 9 heteroatoms.